The number of carbonyl (C=O) groups excluding carboxylic acids is 1. The third-order valence-electron chi connectivity index (χ3n) is 6.08. The van der Waals surface area contributed by atoms with Gasteiger partial charge >= 0.3 is 0 Å². The van der Waals surface area contributed by atoms with E-state index in [4.69, 9.17) is 0 Å². The highest BCUT2D eigenvalue weighted by Gasteiger charge is 2.28. The van der Waals surface area contributed by atoms with E-state index in [2.05, 4.69) is 31.3 Å². The molecule has 7 nitrogen and oxygen atoms in total. The monoisotopic (exact) mass is 505 g/mol. The average molecular weight is 506 g/mol. The van der Waals surface area contributed by atoms with Gasteiger partial charge in [-0.05, 0) is 38.5 Å². The maximum Gasteiger partial charge on any atom is 0.266 e. The standard InChI is InChI=1S/C26H51NO6S/c1-3-5-7-9-10-11-12-13-14-15-17-19-21-25(29)26(30)27-23(22-34(31,32)33)24(28)20-18-16-8-6-4-2/h13-14,23-25,28-29H,3-12,15-22H2,1-2H3,(H,27,30)(H,31,32,33)/b14-13-. The molecule has 0 aliphatic carbocycles. The summed E-state index contributed by atoms with van der Waals surface area (Å²) < 4.78 is 31.9. The van der Waals surface area contributed by atoms with E-state index < -0.39 is 40.0 Å². The summed E-state index contributed by atoms with van der Waals surface area (Å²) in [5, 5.41) is 23.0. The van der Waals surface area contributed by atoms with E-state index in [-0.39, 0.29) is 6.42 Å². The highest BCUT2D eigenvalue weighted by molar-refractivity contribution is 7.85. The molecule has 0 aliphatic rings. The number of aliphatic hydroxyl groups is 2. The molecule has 0 bridgehead atoms. The molecule has 0 rings (SSSR count). The molecule has 0 aromatic carbocycles. The van der Waals surface area contributed by atoms with Gasteiger partial charge in [0.2, 0.25) is 5.91 Å². The zero-order valence-electron chi connectivity index (χ0n) is 21.6. The quantitative estimate of drug-likeness (QED) is 0.0847. The molecular formula is C26H51NO6S. The van der Waals surface area contributed by atoms with Gasteiger partial charge in [-0.3, -0.25) is 9.35 Å². The van der Waals surface area contributed by atoms with Gasteiger partial charge in [-0.25, -0.2) is 0 Å². The van der Waals surface area contributed by atoms with Gasteiger partial charge in [-0.1, -0.05) is 96.6 Å². The normalized spacial score (nSPS) is 14.9. The Balaban J connectivity index is 4.22. The molecule has 0 fully saturated rings. The Hall–Kier alpha value is -0.960. The summed E-state index contributed by atoms with van der Waals surface area (Å²) in [6.07, 6.45) is 18.6. The van der Waals surface area contributed by atoms with Crippen molar-refractivity contribution in [3.63, 3.8) is 0 Å². The van der Waals surface area contributed by atoms with E-state index in [1.807, 2.05) is 0 Å². The number of allylic oxidation sites excluding steroid dienone is 2. The second-order valence-electron chi connectivity index (χ2n) is 9.46. The SMILES string of the molecule is CCCCCCCC/C=C\CCCCC(O)C(=O)NC(CS(=O)(=O)O)C(O)CCCCCCC. The lowest BCUT2D eigenvalue weighted by Gasteiger charge is -2.24. The van der Waals surface area contributed by atoms with E-state index in [0.29, 0.717) is 19.3 Å². The maximum atomic E-state index is 12.3. The zero-order valence-corrected chi connectivity index (χ0v) is 22.4. The third-order valence-corrected chi connectivity index (χ3v) is 6.86. The van der Waals surface area contributed by atoms with Crippen LogP contribution in [0.1, 0.15) is 123 Å². The van der Waals surface area contributed by atoms with Gasteiger partial charge < -0.3 is 15.5 Å². The van der Waals surface area contributed by atoms with Crippen LogP contribution in [0.15, 0.2) is 12.2 Å². The summed E-state index contributed by atoms with van der Waals surface area (Å²) in [6.45, 7) is 4.32. The van der Waals surface area contributed by atoms with Crippen LogP contribution in [0, 0.1) is 0 Å². The van der Waals surface area contributed by atoms with Crippen LogP contribution in [0.4, 0.5) is 0 Å². The molecule has 3 atom stereocenters. The lowest BCUT2D eigenvalue weighted by molar-refractivity contribution is -0.131. The van der Waals surface area contributed by atoms with E-state index in [9.17, 15) is 28.0 Å². The Bertz CT molecular complexity index is 623. The first kappa shape index (κ1) is 33.0. The van der Waals surface area contributed by atoms with Crippen molar-refractivity contribution in [1.82, 2.24) is 5.32 Å². The molecule has 4 N–H and O–H groups in total. The van der Waals surface area contributed by atoms with Crippen LogP contribution in [0.3, 0.4) is 0 Å². The largest absolute Gasteiger partial charge is 0.391 e. The van der Waals surface area contributed by atoms with E-state index in [0.717, 1.165) is 44.9 Å². The lowest BCUT2D eigenvalue weighted by atomic mass is 10.0. The van der Waals surface area contributed by atoms with E-state index in [1.165, 1.54) is 38.5 Å². The molecule has 0 aromatic rings. The first-order valence-electron chi connectivity index (χ1n) is 13.5. The van der Waals surface area contributed by atoms with Crippen LogP contribution in [-0.2, 0) is 14.9 Å². The van der Waals surface area contributed by atoms with Crippen molar-refractivity contribution >= 4 is 16.0 Å². The van der Waals surface area contributed by atoms with Gasteiger partial charge in [0.15, 0.2) is 0 Å². The maximum absolute atomic E-state index is 12.3. The highest BCUT2D eigenvalue weighted by Crippen LogP contribution is 2.12. The molecule has 8 heteroatoms. The smallest absolute Gasteiger partial charge is 0.266 e. The number of hydrogen-bond donors (Lipinski definition) is 4. The predicted octanol–water partition coefficient (Wildman–Crippen LogP) is 5.31. The Morgan fingerprint density at radius 3 is 1.79 bits per heavy atom. The topological polar surface area (TPSA) is 124 Å². The third kappa shape index (κ3) is 20.4. The zero-order chi connectivity index (χ0) is 25.7. The van der Waals surface area contributed by atoms with Crippen molar-refractivity contribution in [3.05, 3.63) is 12.2 Å². The van der Waals surface area contributed by atoms with Gasteiger partial charge in [0.25, 0.3) is 10.1 Å². The molecule has 0 saturated carbocycles. The molecule has 0 aromatic heterocycles. The fraction of sp³-hybridized carbons (Fsp3) is 0.885. The minimum Gasteiger partial charge on any atom is -0.391 e. The summed E-state index contributed by atoms with van der Waals surface area (Å²) in [4.78, 5) is 12.3. The number of nitrogens with one attached hydrogen (secondary N) is 1. The van der Waals surface area contributed by atoms with E-state index in [1.54, 1.807) is 0 Å². The summed E-state index contributed by atoms with van der Waals surface area (Å²) in [5.74, 6) is -1.48. The Kier molecular flexibility index (Phi) is 20.7. The molecule has 1 amide bonds. The van der Waals surface area contributed by atoms with Crippen LogP contribution in [0.25, 0.3) is 0 Å². The Labute approximate surface area is 208 Å². The van der Waals surface area contributed by atoms with Crippen molar-refractivity contribution in [2.24, 2.45) is 0 Å². The van der Waals surface area contributed by atoms with Gasteiger partial charge in [0.1, 0.15) is 6.10 Å². The second kappa shape index (κ2) is 21.3. The summed E-state index contributed by atoms with van der Waals surface area (Å²) in [5.41, 5.74) is 0. The van der Waals surface area contributed by atoms with Gasteiger partial charge in [-0.2, -0.15) is 8.42 Å². The van der Waals surface area contributed by atoms with Crippen molar-refractivity contribution in [2.45, 2.75) is 141 Å². The van der Waals surface area contributed by atoms with Gasteiger partial charge in [-0.15, -0.1) is 0 Å². The molecule has 0 spiro atoms. The number of carbonyl (C=O) groups is 1. The van der Waals surface area contributed by atoms with Crippen LogP contribution in [-0.4, -0.2) is 53.1 Å². The minimum absolute atomic E-state index is 0.267. The molecular weight excluding hydrogens is 454 g/mol. The van der Waals surface area contributed by atoms with Crippen molar-refractivity contribution in [1.29, 1.82) is 0 Å². The fourth-order valence-electron chi connectivity index (χ4n) is 3.92. The van der Waals surface area contributed by atoms with Crippen LogP contribution < -0.4 is 5.32 Å². The van der Waals surface area contributed by atoms with Crippen LogP contribution in [0.2, 0.25) is 0 Å². The van der Waals surface area contributed by atoms with Crippen molar-refractivity contribution in [3.8, 4) is 0 Å². The molecule has 0 aliphatic heterocycles. The molecule has 0 heterocycles. The molecule has 202 valence electrons. The number of unbranched alkanes of at least 4 members (excludes halogenated alkanes) is 12. The van der Waals surface area contributed by atoms with Gasteiger partial charge in [0, 0.05) is 0 Å². The minimum atomic E-state index is -4.38. The van der Waals surface area contributed by atoms with Crippen molar-refractivity contribution in [2.75, 3.05) is 5.75 Å². The summed E-state index contributed by atoms with van der Waals surface area (Å²) >= 11 is 0. The number of rotatable bonds is 23. The number of aliphatic hydroxyl groups excluding tert-OH is 2. The van der Waals surface area contributed by atoms with Crippen LogP contribution >= 0.6 is 0 Å². The Morgan fingerprint density at radius 2 is 1.24 bits per heavy atom. The molecule has 0 radical (unpaired) electrons. The Morgan fingerprint density at radius 1 is 0.765 bits per heavy atom. The van der Waals surface area contributed by atoms with Crippen molar-refractivity contribution < 1.29 is 28.0 Å². The van der Waals surface area contributed by atoms with Gasteiger partial charge in [0.05, 0.1) is 17.9 Å². The average Bonchev–Trinajstić information content (AvgIpc) is 2.78. The lowest BCUT2D eigenvalue weighted by Crippen LogP contribution is -2.50. The van der Waals surface area contributed by atoms with Crippen LogP contribution in [0.5, 0.6) is 0 Å². The molecule has 34 heavy (non-hydrogen) atoms. The summed E-state index contributed by atoms with van der Waals surface area (Å²) in [7, 11) is -4.38. The fourth-order valence-corrected chi connectivity index (χ4v) is 4.68. The molecule has 3 unspecified atom stereocenters. The molecule has 0 saturated heterocycles. The second-order valence-corrected chi connectivity index (χ2v) is 11.0. The first-order valence-corrected chi connectivity index (χ1v) is 15.1. The number of hydrogen-bond acceptors (Lipinski definition) is 5. The van der Waals surface area contributed by atoms with E-state index >= 15 is 0 Å². The first-order chi connectivity index (χ1) is 16.2. The highest BCUT2D eigenvalue weighted by atomic mass is 32.2. The summed E-state index contributed by atoms with van der Waals surface area (Å²) in [6, 6.07) is -1.15. The number of amides is 1. The predicted molar refractivity (Wildman–Crippen MR) is 139 cm³/mol.